The van der Waals surface area contributed by atoms with Crippen molar-refractivity contribution in [1.82, 2.24) is 14.6 Å². The molecule has 2 aliphatic rings. The number of ether oxygens (including phenoxy) is 1. The van der Waals surface area contributed by atoms with Gasteiger partial charge in [0.15, 0.2) is 5.65 Å². The van der Waals surface area contributed by atoms with Crippen LogP contribution in [0.25, 0.3) is 5.65 Å². The first kappa shape index (κ1) is 19.7. The molecule has 4 heterocycles. The van der Waals surface area contributed by atoms with Gasteiger partial charge in [0.25, 0.3) is 11.8 Å². The Labute approximate surface area is 176 Å². The van der Waals surface area contributed by atoms with E-state index >= 15 is 0 Å². The van der Waals surface area contributed by atoms with Crippen LogP contribution in [0.2, 0.25) is 0 Å². The first-order valence-electron chi connectivity index (χ1n) is 10.1. The molecular formula is C21H21F2N5O3. The van der Waals surface area contributed by atoms with E-state index in [0.717, 1.165) is 5.56 Å². The molecule has 8 nitrogen and oxygen atoms in total. The van der Waals surface area contributed by atoms with E-state index in [-0.39, 0.29) is 38.6 Å². The molecule has 1 atom stereocenters. The number of halogens is 2. The lowest BCUT2D eigenvalue weighted by Crippen LogP contribution is -2.39. The number of hydrogen-bond acceptors (Lipinski definition) is 6. The Morgan fingerprint density at radius 3 is 2.90 bits per heavy atom. The van der Waals surface area contributed by atoms with Gasteiger partial charge in [0, 0.05) is 56.4 Å². The number of aromatic nitrogens is 3. The van der Waals surface area contributed by atoms with Gasteiger partial charge in [0.1, 0.15) is 17.4 Å². The van der Waals surface area contributed by atoms with E-state index in [9.17, 15) is 18.7 Å². The molecule has 31 heavy (non-hydrogen) atoms. The summed E-state index contributed by atoms with van der Waals surface area (Å²) >= 11 is 0. The van der Waals surface area contributed by atoms with Gasteiger partial charge in [0.2, 0.25) is 0 Å². The Morgan fingerprint density at radius 1 is 1.32 bits per heavy atom. The molecule has 162 valence electrons. The highest BCUT2D eigenvalue weighted by Crippen LogP contribution is 2.41. The van der Waals surface area contributed by atoms with Gasteiger partial charge < -0.3 is 20.1 Å². The number of anilines is 2. The standard InChI is InChI=1S/C21H21F2N5O3/c22-21(23)2-6-27(7-3-21)17-10-18-13(8-14(12-29)31-18)9-16(17)26-20(30)15-11-25-28-5-1-4-24-19(15)28/h1,4-5,9-11,14,29H,2-3,6-8,12H2,(H,26,30). The highest BCUT2D eigenvalue weighted by atomic mass is 19.3. The molecule has 2 N–H and O–H groups in total. The van der Waals surface area contributed by atoms with E-state index in [0.29, 0.717) is 34.8 Å². The summed E-state index contributed by atoms with van der Waals surface area (Å²) in [6, 6.07) is 5.27. The zero-order chi connectivity index (χ0) is 21.6. The minimum atomic E-state index is -2.68. The van der Waals surface area contributed by atoms with Gasteiger partial charge in [-0.05, 0) is 12.1 Å². The van der Waals surface area contributed by atoms with Crippen LogP contribution in [0.4, 0.5) is 20.2 Å². The lowest BCUT2D eigenvalue weighted by Gasteiger charge is -2.34. The third-order valence-electron chi connectivity index (χ3n) is 5.73. The number of carbonyl (C=O) groups excluding carboxylic acids is 1. The van der Waals surface area contributed by atoms with Gasteiger partial charge in [-0.1, -0.05) is 0 Å². The zero-order valence-electron chi connectivity index (χ0n) is 16.6. The second-order valence-electron chi connectivity index (χ2n) is 7.85. The maximum atomic E-state index is 13.7. The SMILES string of the molecule is O=C(Nc1cc2c(cc1N1CCC(F)(F)CC1)OC(CO)C2)c1cnn2cccnc12. The van der Waals surface area contributed by atoms with Gasteiger partial charge in [0.05, 0.1) is 24.2 Å². The number of aliphatic hydroxyl groups is 1. The normalized spacial score (nSPS) is 19.8. The molecule has 3 aromatic rings. The molecule has 2 aliphatic heterocycles. The summed E-state index contributed by atoms with van der Waals surface area (Å²) in [6.07, 6.45) is 4.35. The van der Waals surface area contributed by atoms with Crippen LogP contribution in [-0.2, 0) is 6.42 Å². The molecule has 0 radical (unpaired) electrons. The molecule has 1 aromatic carbocycles. The fourth-order valence-electron chi connectivity index (χ4n) is 4.07. The van der Waals surface area contributed by atoms with Gasteiger partial charge >= 0.3 is 0 Å². The summed E-state index contributed by atoms with van der Waals surface area (Å²) in [5, 5.41) is 16.5. The number of carbonyl (C=O) groups is 1. The Bertz CT molecular complexity index is 1140. The summed E-state index contributed by atoms with van der Waals surface area (Å²) in [5.41, 5.74) is 2.70. The van der Waals surface area contributed by atoms with E-state index in [1.165, 1.54) is 10.7 Å². The van der Waals surface area contributed by atoms with E-state index in [1.807, 2.05) is 4.90 Å². The molecule has 0 aliphatic carbocycles. The fourth-order valence-corrected chi connectivity index (χ4v) is 4.07. The first-order chi connectivity index (χ1) is 14.9. The van der Waals surface area contributed by atoms with E-state index < -0.39 is 11.8 Å². The van der Waals surface area contributed by atoms with Crippen molar-refractivity contribution in [3.8, 4) is 5.75 Å². The van der Waals surface area contributed by atoms with Crippen molar-refractivity contribution in [2.24, 2.45) is 0 Å². The highest BCUT2D eigenvalue weighted by Gasteiger charge is 2.35. The predicted octanol–water partition coefficient (Wildman–Crippen LogP) is 2.51. The van der Waals surface area contributed by atoms with Crippen LogP contribution in [-0.4, -0.2) is 57.3 Å². The van der Waals surface area contributed by atoms with Crippen molar-refractivity contribution in [2.45, 2.75) is 31.3 Å². The van der Waals surface area contributed by atoms with Crippen molar-refractivity contribution in [3.05, 3.63) is 47.9 Å². The van der Waals surface area contributed by atoms with Crippen molar-refractivity contribution in [1.29, 1.82) is 0 Å². The maximum absolute atomic E-state index is 13.7. The molecule has 0 bridgehead atoms. The molecule has 1 saturated heterocycles. The molecule has 10 heteroatoms. The quantitative estimate of drug-likeness (QED) is 0.662. The smallest absolute Gasteiger partial charge is 0.261 e. The number of hydrogen-bond donors (Lipinski definition) is 2. The van der Waals surface area contributed by atoms with Crippen molar-refractivity contribution < 1.29 is 23.4 Å². The maximum Gasteiger partial charge on any atom is 0.261 e. The van der Waals surface area contributed by atoms with Crippen molar-refractivity contribution in [2.75, 3.05) is 29.9 Å². The summed E-state index contributed by atoms with van der Waals surface area (Å²) in [6.45, 7) is 0.197. The summed E-state index contributed by atoms with van der Waals surface area (Å²) in [7, 11) is 0. The molecular weight excluding hydrogens is 408 g/mol. The number of nitrogens with zero attached hydrogens (tertiary/aromatic N) is 4. The van der Waals surface area contributed by atoms with E-state index in [2.05, 4.69) is 15.4 Å². The average Bonchev–Trinajstić information content (AvgIpc) is 3.37. The number of piperidine rings is 1. The minimum absolute atomic E-state index is 0.129. The number of alkyl halides is 2. The lowest BCUT2D eigenvalue weighted by molar-refractivity contribution is -0.0220. The Hall–Kier alpha value is -3.27. The van der Waals surface area contributed by atoms with Crippen molar-refractivity contribution >= 4 is 22.9 Å². The number of nitrogens with one attached hydrogen (secondary N) is 1. The monoisotopic (exact) mass is 429 g/mol. The average molecular weight is 429 g/mol. The van der Waals surface area contributed by atoms with Crippen LogP contribution in [0.1, 0.15) is 28.8 Å². The van der Waals surface area contributed by atoms with Crippen LogP contribution in [0.15, 0.2) is 36.8 Å². The molecule has 0 spiro atoms. The summed E-state index contributed by atoms with van der Waals surface area (Å²) in [4.78, 5) is 19.1. The summed E-state index contributed by atoms with van der Waals surface area (Å²) < 4.78 is 34.6. The third kappa shape index (κ3) is 3.67. The number of rotatable bonds is 4. The molecule has 0 saturated carbocycles. The topological polar surface area (TPSA) is 92.0 Å². The van der Waals surface area contributed by atoms with Gasteiger partial charge in [-0.3, -0.25) is 4.79 Å². The molecule has 2 aromatic heterocycles. The Kier molecular flexibility index (Phi) is 4.73. The number of benzene rings is 1. The largest absolute Gasteiger partial charge is 0.487 e. The Balaban J connectivity index is 1.49. The molecule has 1 fully saturated rings. The van der Waals surface area contributed by atoms with Gasteiger partial charge in [-0.2, -0.15) is 5.10 Å². The number of amides is 1. The second-order valence-corrected chi connectivity index (χ2v) is 7.85. The molecule has 1 amide bonds. The lowest BCUT2D eigenvalue weighted by atomic mass is 10.0. The highest BCUT2D eigenvalue weighted by molar-refractivity contribution is 6.09. The number of aliphatic hydroxyl groups excluding tert-OH is 1. The van der Waals surface area contributed by atoms with Crippen LogP contribution >= 0.6 is 0 Å². The zero-order valence-corrected chi connectivity index (χ0v) is 16.6. The predicted molar refractivity (Wildman–Crippen MR) is 109 cm³/mol. The van der Waals surface area contributed by atoms with E-state index in [4.69, 9.17) is 4.74 Å². The van der Waals surface area contributed by atoms with Crippen LogP contribution in [0.5, 0.6) is 5.75 Å². The molecule has 5 rings (SSSR count). The fraction of sp³-hybridized carbons (Fsp3) is 0.381. The summed E-state index contributed by atoms with van der Waals surface area (Å²) in [5.74, 6) is -2.48. The van der Waals surface area contributed by atoms with Crippen LogP contribution < -0.4 is 15.0 Å². The Morgan fingerprint density at radius 2 is 2.13 bits per heavy atom. The van der Waals surface area contributed by atoms with Crippen LogP contribution in [0.3, 0.4) is 0 Å². The van der Waals surface area contributed by atoms with Gasteiger partial charge in [-0.25, -0.2) is 18.3 Å². The second kappa shape index (κ2) is 7.45. The first-order valence-corrected chi connectivity index (χ1v) is 10.1. The van der Waals surface area contributed by atoms with E-state index in [1.54, 1.807) is 30.6 Å². The van der Waals surface area contributed by atoms with Crippen LogP contribution in [0, 0.1) is 0 Å². The molecule has 1 unspecified atom stereocenters. The van der Waals surface area contributed by atoms with Gasteiger partial charge in [-0.15, -0.1) is 0 Å². The number of fused-ring (bicyclic) bond motifs is 2. The van der Waals surface area contributed by atoms with Crippen molar-refractivity contribution in [3.63, 3.8) is 0 Å². The third-order valence-corrected chi connectivity index (χ3v) is 5.73. The minimum Gasteiger partial charge on any atom is -0.487 e.